The number of benzene rings is 1. The van der Waals surface area contributed by atoms with Gasteiger partial charge in [0.05, 0.1) is 10.6 Å². The Morgan fingerprint density at radius 2 is 2.17 bits per heavy atom. The Bertz CT molecular complexity index is 403. The number of nitrogens with zero attached hydrogens (tertiary/aromatic N) is 1. The summed E-state index contributed by atoms with van der Waals surface area (Å²) in [4.78, 5) is 0.504. The Hall–Kier alpha value is -0.206. The quantitative estimate of drug-likeness (QED) is 0.429. The summed E-state index contributed by atoms with van der Waals surface area (Å²) in [6, 6.07) is 4.49. The molecule has 8 heteroatoms. The van der Waals surface area contributed by atoms with Crippen molar-refractivity contribution in [3.05, 3.63) is 35.1 Å². The summed E-state index contributed by atoms with van der Waals surface area (Å²) in [5.41, 5.74) is 5.65. The third kappa shape index (κ3) is 7.99. The molecule has 1 radical (unpaired) electrons. The number of anilines is 1. The predicted molar refractivity (Wildman–Crippen MR) is 73.8 cm³/mol. The molecule has 0 saturated carbocycles. The second-order valence-electron chi connectivity index (χ2n) is 2.74. The second kappa shape index (κ2) is 11.9. The molecule has 1 aromatic carbocycles. The first-order valence-electron chi connectivity index (χ1n) is 4.60. The Labute approximate surface area is 140 Å². The molecule has 5 nitrogen and oxygen atoms in total. The number of phenolic OH excluding ortho intramolecular Hbond substituents is 1. The molecule has 0 bridgehead atoms. The summed E-state index contributed by atoms with van der Waals surface area (Å²) in [5, 5.41) is 14.2. The van der Waals surface area contributed by atoms with Crippen molar-refractivity contribution in [1.29, 1.82) is 0 Å². The summed E-state index contributed by atoms with van der Waals surface area (Å²) >= 11 is 4.38. The number of nitrogen functional groups attached to an aromatic ring is 1. The fourth-order valence-electron chi connectivity index (χ4n) is 0.818. The average molecular weight is 362 g/mol. The van der Waals surface area contributed by atoms with Gasteiger partial charge in [0.25, 0.3) is 0 Å². The van der Waals surface area contributed by atoms with Gasteiger partial charge >= 0.3 is 0 Å². The van der Waals surface area contributed by atoms with Crippen molar-refractivity contribution in [2.24, 2.45) is 0 Å². The van der Waals surface area contributed by atoms with E-state index < -0.39 is 11.0 Å². The standard InChI is InChI=1S/C7H10N2O2S.C3H6NS.Y/c1-9-12(11)5-2-3-6(8)7(10)4-5;1-4-2-3-5;/h2-4,9-10H,8H2,1H3;2-3,5H,1H3;/q;-1;/p-1/b;3-2-;. The third-order valence-electron chi connectivity index (χ3n) is 1.61. The molecule has 0 spiro atoms. The maximum atomic E-state index is 11.1. The van der Waals surface area contributed by atoms with E-state index in [1.165, 1.54) is 17.5 Å². The van der Waals surface area contributed by atoms with Crippen LogP contribution in [0.3, 0.4) is 0 Å². The minimum atomic E-state index is -1.27. The molecule has 0 aliphatic heterocycles. The van der Waals surface area contributed by atoms with Crippen LogP contribution in [-0.2, 0) is 56.3 Å². The maximum Gasteiger partial charge on any atom is 0.139 e. The zero-order valence-electron chi connectivity index (χ0n) is 10.2. The van der Waals surface area contributed by atoms with E-state index in [1.54, 1.807) is 26.4 Å². The van der Waals surface area contributed by atoms with Gasteiger partial charge < -0.3 is 28.8 Å². The SMILES string of the molecule is CNS(=O)c1ccc(N)c(O)c1.C[N-]/C=C\[S-].[Y]. The van der Waals surface area contributed by atoms with Crippen molar-refractivity contribution in [2.45, 2.75) is 4.90 Å². The summed E-state index contributed by atoms with van der Waals surface area (Å²) in [5.74, 6) is -0.0453. The van der Waals surface area contributed by atoms with E-state index in [2.05, 4.69) is 22.7 Å². The number of phenols is 1. The molecule has 0 aliphatic rings. The van der Waals surface area contributed by atoms with Crippen LogP contribution in [0.4, 0.5) is 5.69 Å². The first-order valence-corrected chi connectivity index (χ1v) is 6.22. The van der Waals surface area contributed by atoms with E-state index in [1.807, 2.05) is 0 Å². The normalized spacial score (nSPS) is 11.0. The van der Waals surface area contributed by atoms with E-state index in [0.29, 0.717) is 4.90 Å². The first-order chi connectivity index (χ1) is 8.06. The molecular formula is C10H15N3O2S2Y-2. The maximum absolute atomic E-state index is 11.1. The van der Waals surface area contributed by atoms with Crippen molar-refractivity contribution in [1.82, 2.24) is 4.72 Å². The molecule has 99 valence electrons. The largest absolute Gasteiger partial charge is 0.789 e. The van der Waals surface area contributed by atoms with Crippen LogP contribution in [0.5, 0.6) is 5.75 Å². The van der Waals surface area contributed by atoms with Gasteiger partial charge in [-0.25, -0.2) is 20.5 Å². The molecule has 0 fully saturated rings. The predicted octanol–water partition coefficient (Wildman–Crippen LogP) is 1.22. The molecule has 1 atom stereocenters. The molecule has 0 heterocycles. The van der Waals surface area contributed by atoms with E-state index in [9.17, 15) is 4.21 Å². The molecule has 1 aromatic rings. The molecular weight excluding hydrogens is 347 g/mol. The number of hydrogen-bond acceptors (Lipinski definition) is 4. The van der Waals surface area contributed by atoms with E-state index in [-0.39, 0.29) is 44.1 Å². The van der Waals surface area contributed by atoms with Crippen LogP contribution in [-0.4, -0.2) is 23.4 Å². The molecule has 0 amide bonds. The van der Waals surface area contributed by atoms with Gasteiger partial charge in [-0.3, -0.25) is 0 Å². The van der Waals surface area contributed by atoms with Crippen LogP contribution < -0.4 is 10.5 Å². The monoisotopic (exact) mass is 362 g/mol. The third-order valence-corrected chi connectivity index (χ3v) is 2.79. The van der Waals surface area contributed by atoms with Crippen LogP contribution in [0.2, 0.25) is 0 Å². The van der Waals surface area contributed by atoms with Crippen molar-refractivity contribution in [3.8, 4) is 5.75 Å². The molecule has 0 saturated heterocycles. The van der Waals surface area contributed by atoms with Crippen LogP contribution >= 0.6 is 0 Å². The van der Waals surface area contributed by atoms with Crippen LogP contribution in [0, 0.1) is 0 Å². The molecule has 1 unspecified atom stereocenters. The number of nitrogens with one attached hydrogen (secondary N) is 1. The van der Waals surface area contributed by atoms with Crippen molar-refractivity contribution in [2.75, 3.05) is 19.8 Å². The van der Waals surface area contributed by atoms with Gasteiger partial charge in [-0.15, -0.1) is 7.05 Å². The van der Waals surface area contributed by atoms with E-state index >= 15 is 0 Å². The van der Waals surface area contributed by atoms with Crippen LogP contribution in [0.25, 0.3) is 5.32 Å². The first kappa shape index (κ1) is 20.1. The molecule has 18 heavy (non-hydrogen) atoms. The average Bonchev–Trinajstić information content (AvgIpc) is 2.33. The van der Waals surface area contributed by atoms with Gasteiger partial charge in [-0.1, -0.05) is 0 Å². The fourth-order valence-corrected chi connectivity index (χ4v) is 1.59. The van der Waals surface area contributed by atoms with Gasteiger partial charge in [-0.2, -0.15) is 0 Å². The summed E-state index contributed by atoms with van der Waals surface area (Å²) in [6.07, 6.45) is 1.56. The molecule has 0 aliphatic carbocycles. The zero-order chi connectivity index (χ0) is 13.3. The topological polar surface area (TPSA) is 89.5 Å². The van der Waals surface area contributed by atoms with Gasteiger partial charge in [-0.05, 0) is 25.2 Å². The van der Waals surface area contributed by atoms with Crippen LogP contribution in [0.1, 0.15) is 0 Å². The van der Waals surface area contributed by atoms with Crippen molar-refractivity contribution < 1.29 is 42.0 Å². The Balaban J connectivity index is 0. The van der Waals surface area contributed by atoms with Gasteiger partial charge in [0.15, 0.2) is 0 Å². The second-order valence-corrected chi connectivity index (χ2v) is 4.43. The molecule has 4 N–H and O–H groups in total. The number of aromatic hydroxyl groups is 1. The van der Waals surface area contributed by atoms with Gasteiger partial charge in [0, 0.05) is 32.7 Å². The number of nitrogens with two attached hydrogens (primary N) is 1. The van der Waals surface area contributed by atoms with Crippen molar-refractivity contribution >= 4 is 29.3 Å². The van der Waals surface area contributed by atoms with Gasteiger partial charge in [0.2, 0.25) is 0 Å². The molecule has 0 aromatic heterocycles. The number of rotatable bonds is 3. The Morgan fingerprint density at radius 1 is 1.56 bits per heavy atom. The van der Waals surface area contributed by atoms with Crippen LogP contribution in [0.15, 0.2) is 34.7 Å². The van der Waals surface area contributed by atoms with Crippen molar-refractivity contribution in [3.63, 3.8) is 0 Å². The zero-order valence-corrected chi connectivity index (χ0v) is 14.6. The Kier molecular flexibility index (Phi) is 13.3. The minimum Gasteiger partial charge on any atom is -0.789 e. The smallest absolute Gasteiger partial charge is 0.139 e. The summed E-state index contributed by atoms with van der Waals surface area (Å²) in [7, 11) is 1.98. The molecule has 1 rings (SSSR count). The van der Waals surface area contributed by atoms with E-state index in [0.717, 1.165) is 0 Å². The summed E-state index contributed by atoms with van der Waals surface area (Å²) in [6.45, 7) is 0. The van der Waals surface area contributed by atoms with Gasteiger partial charge in [0.1, 0.15) is 16.7 Å². The minimum absolute atomic E-state index is 0. The fraction of sp³-hybridized carbons (Fsp3) is 0.200. The Morgan fingerprint density at radius 3 is 2.50 bits per heavy atom. The number of hydrogen-bond donors (Lipinski definition) is 3. The van der Waals surface area contributed by atoms with E-state index in [4.69, 9.17) is 10.8 Å². The summed E-state index contributed by atoms with van der Waals surface area (Å²) < 4.78 is 13.7.